The maximum atomic E-state index is 12.1. The summed E-state index contributed by atoms with van der Waals surface area (Å²) in [4.78, 5) is 35.2. The van der Waals surface area contributed by atoms with Gasteiger partial charge in [-0.15, -0.1) is 0 Å². The lowest BCUT2D eigenvalue weighted by atomic mass is 10.1. The van der Waals surface area contributed by atoms with E-state index in [4.69, 9.17) is 9.47 Å². The molecule has 130 valence electrons. The average molecular weight is 341 g/mol. The van der Waals surface area contributed by atoms with Crippen molar-refractivity contribution in [2.75, 3.05) is 19.0 Å². The molecule has 6 nitrogen and oxygen atoms in total. The standard InChI is InChI=1S/C19H19NO5/c1-12-4-9-17(24-3)16(10-12)19(23)25-11-18(22)20-15-7-5-14(6-8-15)13(2)21/h4-10H,11H2,1-3H3,(H,20,22). The zero-order chi connectivity index (χ0) is 18.4. The van der Waals surface area contributed by atoms with Crippen LogP contribution in [0.25, 0.3) is 0 Å². The lowest BCUT2D eigenvalue weighted by Crippen LogP contribution is -2.21. The van der Waals surface area contributed by atoms with Crippen molar-refractivity contribution in [2.45, 2.75) is 13.8 Å². The van der Waals surface area contributed by atoms with Crippen LogP contribution in [0.2, 0.25) is 0 Å². The van der Waals surface area contributed by atoms with Gasteiger partial charge in [-0.05, 0) is 50.2 Å². The van der Waals surface area contributed by atoms with Crippen LogP contribution in [-0.2, 0) is 9.53 Å². The van der Waals surface area contributed by atoms with E-state index in [0.717, 1.165) is 5.56 Å². The highest BCUT2D eigenvalue weighted by Gasteiger charge is 2.15. The van der Waals surface area contributed by atoms with E-state index in [-0.39, 0.29) is 11.3 Å². The number of aryl methyl sites for hydroxylation is 1. The van der Waals surface area contributed by atoms with Crippen molar-refractivity contribution >= 4 is 23.3 Å². The van der Waals surface area contributed by atoms with E-state index in [9.17, 15) is 14.4 Å². The lowest BCUT2D eigenvalue weighted by Gasteiger charge is -2.10. The monoisotopic (exact) mass is 341 g/mol. The molecule has 0 aliphatic heterocycles. The number of amides is 1. The number of Topliss-reactive ketones (excluding diaryl/α,β-unsaturated/α-hetero) is 1. The Labute approximate surface area is 145 Å². The quantitative estimate of drug-likeness (QED) is 0.645. The maximum absolute atomic E-state index is 12.1. The number of carbonyl (C=O) groups excluding carboxylic acids is 3. The molecular weight excluding hydrogens is 322 g/mol. The fraction of sp³-hybridized carbons (Fsp3) is 0.211. The molecule has 0 aliphatic carbocycles. The molecule has 0 atom stereocenters. The highest BCUT2D eigenvalue weighted by molar-refractivity contribution is 5.98. The van der Waals surface area contributed by atoms with Crippen LogP contribution in [0.3, 0.4) is 0 Å². The highest BCUT2D eigenvalue weighted by Crippen LogP contribution is 2.20. The molecule has 2 aromatic carbocycles. The molecule has 0 aliphatic rings. The van der Waals surface area contributed by atoms with Crippen LogP contribution < -0.4 is 10.1 Å². The molecule has 0 spiro atoms. The van der Waals surface area contributed by atoms with Crippen molar-refractivity contribution in [2.24, 2.45) is 0 Å². The summed E-state index contributed by atoms with van der Waals surface area (Å²) in [6, 6.07) is 11.6. The van der Waals surface area contributed by atoms with E-state index in [1.54, 1.807) is 36.4 Å². The number of rotatable bonds is 6. The van der Waals surface area contributed by atoms with E-state index in [0.29, 0.717) is 17.0 Å². The second-order valence-electron chi connectivity index (χ2n) is 5.46. The average Bonchev–Trinajstić information content (AvgIpc) is 2.60. The SMILES string of the molecule is COc1ccc(C)cc1C(=O)OCC(=O)Nc1ccc(C(C)=O)cc1. The summed E-state index contributed by atoms with van der Waals surface area (Å²) in [7, 11) is 1.46. The number of hydrogen-bond donors (Lipinski definition) is 1. The van der Waals surface area contributed by atoms with Gasteiger partial charge in [0.1, 0.15) is 11.3 Å². The van der Waals surface area contributed by atoms with Crippen molar-refractivity contribution in [3.05, 3.63) is 59.2 Å². The fourth-order valence-electron chi connectivity index (χ4n) is 2.18. The second kappa shape index (κ2) is 8.10. The number of hydrogen-bond acceptors (Lipinski definition) is 5. The van der Waals surface area contributed by atoms with Crippen LogP contribution in [-0.4, -0.2) is 31.4 Å². The molecular formula is C19H19NO5. The Hall–Kier alpha value is -3.15. The zero-order valence-electron chi connectivity index (χ0n) is 14.3. The third-order valence-electron chi connectivity index (χ3n) is 3.48. The Balaban J connectivity index is 1.94. The van der Waals surface area contributed by atoms with Gasteiger partial charge in [-0.2, -0.15) is 0 Å². The summed E-state index contributed by atoms with van der Waals surface area (Å²) in [5.41, 5.74) is 2.21. The van der Waals surface area contributed by atoms with Crippen LogP contribution in [0.15, 0.2) is 42.5 Å². The minimum atomic E-state index is -0.636. The first-order valence-corrected chi connectivity index (χ1v) is 7.63. The molecule has 0 saturated heterocycles. The van der Waals surface area contributed by atoms with Gasteiger partial charge in [0.15, 0.2) is 12.4 Å². The molecule has 0 fully saturated rings. The third-order valence-corrected chi connectivity index (χ3v) is 3.48. The Morgan fingerprint density at radius 1 is 1.04 bits per heavy atom. The first-order chi connectivity index (χ1) is 11.9. The highest BCUT2D eigenvalue weighted by atomic mass is 16.5. The van der Waals surface area contributed by atoms with Crippen molar-refractivity contribution in [1.29, 1.82) is 0 Å². The summed E-state index contributed by atoms with van der Waals surface area (Å²) in [5.74, 6) is -0.784. The maximum Gasteiger partial charge on any atom is 0.342 e. The Morgan fingerprint density at radius 2 is 1.72 bits per heavy atom. The van der Waals surface area contributed by atoms with Crippen LogP contribution >= 0.6 is 0 Å². The van der Waals surface area contributed by atoms with E-state index in [1.165, 1.54) is 14.0 Å². The van der Waals surface area contributed by atoms with Crippen LogP contribution in [0.1, 0.15) is 33.2 Å². The zero-order valence-corrected chi connectivity index (χ0v) is 14.3. The summed E-state index contributed by atoms with van der Waals surface area (Å²) in [6.07, 6.45) is 0. The molecule has 0 radical (unpaired) electrons. The van der Waals surface area contributed by atoms with Crippen molar-refractivity contribution in [3.63, 3.8) is 0 Å². The first-order valence-electron chi connectivity index (χ1n) is 7.63. The van der Waals surface area contributed by atoms with Crippen molar-refractivity contribution in [1.82, 2.24) is 0 Å². The van der Waals surface area contributed by atoms with Crippen LogP contribution in [0, 0.1) is 6.92 Å². The predicted molar refractivity (Wildman–Crippen MR) is 93.1 cm³/mol. The van der Waals surface area contributed by atoms with Crippen LogP contribution in [0.5, 0.6) is 5.75 Å². The largest absolute Gasteiger partial charge is 0.496 e. The summed E-state index contributed by atoms with van der Waals surface area (Å²) < 4.78 is 10.2. The van der Waals surface area contributed by atoms with Gasteiger partial charge in [0.25, 0.3) is 5.91 Å². The minimum absolute atomic E-state index is 0.0566. The van der Waals surface area contributed by atoms with Gasteiger partial charge in [-0.25, -0.2) is 4.79 Å². The molecule has 0 saturated carbocycles. The molecule has 0 aromatic heterocycles. The summed E-state index contributed by atoms with van der Waals surface area (Å²) in [6.45, 7) is 2.88. The lowest BCUT2D eigenvalue weighted by molar-refractivity contribution is -0.119. The number of anilines is 1. The van der Waals surface area contributed by atoms with Gasteiger partial charge in [0.2, 0.25) is 0 Å². The molecule has 25 heavy (non-hydrogen) atoms. The third kappa shape index (κ3) is 4.91. The van der Waals surface area contributed by atoms with E-state index < -0.39 is 18.5 Å². The number of esters is 1. The molecule has 1 amide bonds. The first kappa shape index (κ1) is 18.2. The van der Waals surface area contributed by atoms with Crippen molar-refractivity contribution in [3.8, 4) is 5.75 Å². The van der Waals surface area contributed by atoms with E-state index in [1.807, 2.05) is 13.0 Å². The van der Waals surface area contributed by atoms with Crippen LogP contribution in [0.4, 0.5) is 5.69 Å². The topological polar surface area (TPSA) is 81.7 Å². The normalized spacial score (nSPS) is 10.0. The molecule has 6 heteroatoms. The number of ketones is 1. The van der Waals surface area contributed by atoms with Gasteiger partial charge >= 0.3 is 5.97 Å². The molecule has 2 rings (SSSR count). The summed E-state index contributed by atoms with van der Waals surface area (Å²) >= 11 is 0. The number of benzene rings is 2. The van der Waals surface area contributed by atoms with E-state index >= 15 is 0 Å². The molecule has 1 N–H and O–H groups in total. The van der Waals surface area contributed by atoms with Gasteiger partial charge in [-0.3, -0.25) is 9.59 Å². The van der Waals surface area contributed by atoms with Crippen molar-refractivity contribution < 1.29 is 23.9 Å². The fourth-order valence-corrected chi connectivity index (χ4v) is 2.18. The van der Waals surface area contributed by atoms with Gasteiger partial charge in [-0.1, -0.05) is 11.6 Å². The Morgan fingerprint density at radius 3 is 2.32 bits per heavy atom. The minimum Gasteiger partial charge on any atom is -0.496 e. The number of methoxy groups -OCH3 is 1. The molecule has 2 aromatic rings. The van der Waals surface area contributed by atoms with Gasteiger partial charge in [0.05, 0.1) is 7.11 Å². The number of nitrogens with one attached hydrogen (secondary N) is 1. The Kier molecular flexibility index (Phi) is 5.89. The molecule has 0 heterocycles. The van der Waals surface area contributed by atoms with Gasteiger partial charge < -0.3 is 14.8 Å². The number of ether oxygens (including phenoxy) is 2. The number of carbonyl (C=O) groups is 3. The second-order valence-corrected chi connectivity index (χ2v) is 5.46. The molecule has 0 unspecified atom stereocenters. The van der Waals surface area contributed by atoms with E-state index in [2.05, 4.69) is 5.32 Å². The Bertz CT molecular complexity index is 796. The molecule has 0 bridgehead atoms. The summed E-state index contributed by atoms with van der Waals surface area (Å²) in [5, 5.41) is 2.60. The van der Waals surface area contributed by atoms with Gasteiger partial charge in [0, 0.05) is 11.3 Å². The predicted octanol–water partition coefficient (Wildman–Crippen LogP) is 3.00. The smallest absolute Gasteiger partial charge is 0.342 e.